The lowest BCUT2D eigenvalue weighted by molar-refractivity contribution is -0.140. The summed E-state index contributed by atoms with van der Waals surface area (Å²) in [5.41, 5.74) is 1.03. The molecule has 22 heavy (non-hydrogen) atoms. The van der Waals surface area contributed by atoms with Crippen LogP contribution in [-0.2, 0) is 16.1 Å². The Morgan fingerprint density at radius 2 is 2.14 bits per heavy atom. The molecule has 1 atom stereocenters. The second-order valence-corrected chi connectivity index (χ2v) is 5.65. The molecule has 2 aliphatic rings. The first-order valence-electron chi connectivity index (χ1n) is 7.50. The van der Waals surface area contributed by atoms with E-state index in [-0.39, 0.29) is 17.4 Å². The Labute approximate surface area is 128 Å². The summed E-state index contributed by atoms with van der Waals surface area (Å²) >= 11 is 0. The highest BCUT2D eigenvalue weighted by molar-refractivity contribution is 5.88. The van der Waals surface area contributed by atoms with Gasteiger partial charge in [-0.3, -0.25) is 4.79 Å². The van der Waals surface area contributed by atoms with Crippen molar-refractivity contribution in [2.75, 3.05) is 26.4 Å². The average molecular weight is 305 g/mol. The van der Waals surface area contributed by atoms with Crippen LogP contribution in [0.1, 0.15) is 28.8 Å². The molecule has 0 unspecified atom stereocenters. The number of nitrogens with zero attached hydrogens (tertiary/aromatic N) is 1. The third-order valence-corrected chi connectivity index (χ3v) is 4.12. The van der Waals surface area contributed by atoms with Gasteiger partial charge in [0.2, 0.25) is 5.91 Å². The highest BCUT2D eigenvalue weighted by Crippen LogP contribution is 2.26. The zero-order valence-electron chi connectivity index (χ0n) is 12.3. The Kier molecular flexibility index (Phi) is 4.29. The summed E-state index contributed by atoms with van der Waals surface area (Å²) in [6, 6.07) is 4.79. The molecule has 1 N–H and O–H groups in total. The predicted octanol–water partition coefficient (Wildman–Crippen LogP) is 1.53. The van der Waals surface area contributed by atoms with Crippen LogP contribution in [0.5, 0.6) is 5.75 Å². The van der Waals surface area contributed by atoms with Gasteiger partial charge in [-0.05, 0) is 25.0 Å². The van der Waals surface area contributed by atoms with E-state index in [2.05, 4.69) is 0 Å². The number of aromatic carboxylic acids is 1. The first-order chi connectivity index (χ1) is 10.6. The third-order valence-electron chi connectivity index (χ3n) is 4.12. The number of rotatable bonds is 2. The zero-order chi connectivity index (χ0) is 15.5. The number of amides is 1. The van der Waals surface area contributed by atoms with Crippen LogP contribution in [0.4, 0.5) is 0 Å². The summed E-state index contributed by atoms with van der Waals surface area (Å²) in [6.45, 7) is 2.54. The van der Waals surface area contributed by atoms with E-state index in [0.29, 0.717) is 32.1 Å². The Balaban J connectivity index is 1.76. The van der Waals surface area contributed by atoms with Crippen LogP contribution in [0.15, 0.2) is 18.2 Å². The molecule has 1 amide bonds. The molecule has 6 heteroatoms. The molecule has 0 spiro atoms. The number of carboxylic acid groups (broad SMARTS) is 1. The first-order valence-corrected chi connectivity index (χ1v) is 7.50. The van der Waals surface area contributed by atoms with Crippen LogP contribution in [0.3, 0.4) is 0 Å². The minimum Gasteiger partial charge on any atom is -0.491 e. The van der Waals surface area contributed by atoms with Gasteiger partial charge in [0.05, 0.1) is 24.6 Å². The maximum absolute atomic E-state index is 12.6. The van der Waals surface area contributed by atoms with E-state index in [0.717, 1.165) is 25.0 Å². The van der Waals surface area contributed by atoms with Crippen molar-refractivity contribution in [3.05, 3.63) is 29.3 Å². The molecular formula is C16H19NO5. The molecular weight excluding hydrogens is 286 g/mol. The molecule has 6 nitrogen and oxygen atoms in total. The van der Waals surface area contributed by atoms with Crippen LogP contribution < -0.4 is 4.74 Å². The highest BCUT2D eigenvalue weighted by atomic mass is 16.5. The van der Waals surface area contributed by atoms with Crippen LogP contribution in [0.25, 0.3) is 0 Å². The van der Waals surface area contributed by atoms with Crippen molar-refractivity contribution in [1.29, 1.82) is 0 Å². The van der Waals surface area contributed by atoms with Gasteiger partial charge < -0.3 is 19.5 Å². The van der Waals surface area contributed by atoms with Crippen LogP contribution in [0.2, 0.25) is 0 Å². The van der Waals surface area contributed by atoms with Gasteiger partial charge in [0.15, 0.2) is 0 Å². The molecule has 1 aromatic carbocycles. The topological polar surface area (TPSA) is 76.1 Å². The van der Waals surface area contributed by atoms with Gasteiger partial charge >= 0.3 is 5.97 Å². The second-order valence-electron chi connectivity index (χ2n) is 5.65. The van der Waals surface area contributed by atoms with Gasteiger partial charge in [-0.1, -0.05) is 6.07 Å². The second kappa shape index (κ2) is 6.36. The van der Waals surface area contributed by atoms with E-state index < -0.39 is 5.97 Å². The number of hydrogen-bond donors (Lipinski definition) is 1. The third kappa shape index (κ3) is 3.06. The van der Waals surface area contributed by atoms with Crippen molar-refractivity contribution in [2.45, 2.75) is 19.4 Å². The summed E-state index contributed by atoms with van der Waals surface area (Å²) in [5.74, 6) is -0.412. The number of carboxylic acids is 1. The number of ether oxygens (including phenoxy) is 2. The smallest absolute Gasteiger partial charge is 0.335 e. The minimum absolute atomic E-state index is 0.0754. The molecule has 0 bridgehead atoms. The lowest BCUT2D eigenvalue weighted by Crippen LogP contribution is -2.40. The summed E-state index contributed by atoms with van der Waals surface area (Å²) < 4.78 is 11.0. The van der Waals surface area contributed by atoms with E-state index in [1.807, 2.05) is 0 Å². The molecule has 1 fully saturated rings. The Morgan fingerprint density at radius 1 is 1.27 bits per heavy atom. The summed E-state index contributed by atoms with van der Waals surface area (Å²) in [5, 5.41) is 9.03. The van der Waals surface area contributed by atoms with Crippen LogP contribution in [-0.4, -0.2) is 48.2 Å². The normalized spacial score (nSPS) is 21.5. The summed E-state index contributed by atoms with van der Waals surface area (Å²) in [7, 11) is 0. The van der Waals surface area contributed by atoms with Crippen molar-refractivity contribution in [1.82, 2.24) is 4.90 Å². The fraction of sp³-hybridized carbons (Fsp3) is 0.500. The standard InChI is InChI=1S/C16H19NO5/c18-15(13-2-1-6-21-10-13)17-5-7-22-14-8-11(16(19)20)3-4-12(14)9-17/h3-4,8,13H,1-2,5-7,9-10H2,(H,19,20)/t13-/m1/s1. The van der Waals surface area contributed by atoms with E-state index >= 15 is 0 Å². The molecule has 2 heterocycles. The molecule has 118 valence electrons. The zero-order valence-corrected chi connectivity index (χ0v) is 12.3. The molecule has 1 saturated heterocycles. The fourth-order valence-corrected chi connectivity index (χ4v) is 2.88. The van der Waals surface area contributed by atoms with Crippen molar-refractivity contribution in [3.8, 4) is 5.75 Å². The first kappa shape index (κ1) is 14.8. The maximum Gasteiger partial charge on any atom is 0.335 e. The number of hydrogen-bond acceptors (Lipinski definition) is 4. The predicted molar refractivity (Wildman–Crippen MR) is 77.9 cm³/mol. The molecule has 3 rings (SSSR count). The number of fused-ring (bicyclic) bond motifs is 1. The van der Waals surface area contributed by atoms with Crippen molar-refractivity contribution in [3.63, 3.8) is 0 Å². The Bertz CT molecular complexity index is 580. The Morgan fingerprint density at radius 3 is 2.86 bits per heavy atom. The summed E-state index contributed by atoms with van der Waals surface area (Å²) in [6.07, 6.45) is 1.78. The molecule has 0 saturated carbocycles. The van der Waals surface area contributed by atoms with Crippen molar-refractivity contribution in [2.24, 2.45) is 5.92 Å². The van der Waals surface area contributed by atoms with Crippen LogP contribution in [0, 0.1) is 5.92 Å². The highest BCUT2D eigenvalue weighted by Gasteiger charge is 2.28. The van der Waals surface area contributed by atoms with E-state index in [4.69, 9.17) is 14.6 Å². The van der Waals surface area contributed by atoms with Gasteiger partial charge in [0.1, 0.15) is 12.4 Å². The largest absolute Gasteiger partial charge is 0.491 e. The van der Waals surface area contributed by atoms with Gasteiger partial charge in [-0.2, -0.15) is 0 Å². The van der Waals surface area contributed by atoms with Gasteiger partial charge in [0, 0.05) is 18.7 Å². The average Bonchev–Trinajstić information content (AvgIpc) is 2.76. The molecule has 1 aromatic rings. The molecule has 0 aliphatic carbocycles. The fourth-order valence-electron chi connectivity index (χ4n) is 2.88. The minimum atomic E-state index is -0.983. The van der Waals surface area contributed by atoms with Gasteiger partial charge in [0.25, 0.3) is 0 Å². The monoisotopic (exact) mass is 305 g/mol. The van der Waals surface area contributed by atoms with Gasteiger partial charge in [-0.15, -0.1) is 0 Å². The molecule has 0 aromatic heterocycles. The Hall–Kier alpha value is -2.08. The van der Waals surface area contributed by atoms with E-state index in [9.17, 15) is 9.59 Å². The SMILES string of the molecule is O=C(O)c1ccc2c(c1)OCCN(C(=O)[C@@H]1CCCOC1)C2. The number of benzene rings is 1. The number of carbonyl (C=O) groups excluding carboxylic acids is 1. The van der Waals surface area contributed by atoms with E-state index in [1.165, 1.54) is 6.07 Å². The summed E-state index contributed by atoms with van der Waals surface area (Å²) in [4.78, 5) is 25.4. The van der Waals surface area contributed by atoms with Crippen molar-refractivity contribution < 1.29 is 24.2 Å². The van der Waals surface area contributed by atoms with Gasteiger partial charge in [-0.25, -0.2) is 4.79 Å². The number of carbonyl (C=O) groups is 2. The quantitative estimate of drug-likeness (QED) is 0.897. The lowest BCUT2D eigenvalue weighted by atomic mass is 10.00. The molecule has 0 radical (unpaired) electrons. The lowest BCUT2D eigenvalue weighted by Gasteiger charge is -2.28. The maximum atomic E-state index is 12.6. The van der Waals surface area contributed by atoms with Crippen molar-refractivity contribution >= 4 is 11.9 Å². The molecule has 2 aliphatic heterocycles. The van der Waals surface area contributed by atoms with Crippen LogP contribution >= 0.6 is 0 Å². The van der Waals surface area contributed by atoms with E-state index in [1.54, 1.807) is 17.0 Å².